The van der Waals surface area contributed by atoms with Gasteiger partial charge in [-0.1, -0.05) is 18.2 Å². The van der Waals surface area contributed by atoms with Crippen molar-refractivity contribution in [3.05, 3.63) is 54.1 Å². The standard InChI is InChI=1S/C17H18N2O4/c1-21-14-6-3-5-13(9-14)11-18-19-17(20)12-23-16-8-4-7-15(10-16)22-2/h3-11H,12H2,1-2H3,(H,19,20)/b18-11+. The van der Waals surface area contributed by atoms with Crippen LogP contribution in [0.2, 0.25) is 0 Å². The molecule has 0 atom stereocenters. The summed E-state index contributed by atoms with van der Waals surface area (Å²) in [4.78, 5) is 11.7. The quantitative estimate of drug-likeness (QED) is 0.628. The van der Waals surface area contributed by atoms with Crippen molar-refractivity contribution in [3.8, 4) is 17.2 Å². The molecule has 0 spiro atoms. The molecule has 0 aliphatic rings. The Morgan fingerprint density at radius 3 is 2.43 bits per heavy atom. The van der Waals surface area contributed by atoms with Crippen molar-refractivity contribution in [2.45, 2.75) is 0 Å². The van der Waals surface area contributed by atoms with Gasteiger partial charge in [0, 0.05) is 6.07 Å². The molecule has 0 saturated heterocycles. The van der Waals surface area contributed by atoms with Crippen molar-refractivity contribution in [2.24, 2.45) is 5.10 Å². The second-order valence-corrected chi connectivity index (χ2v) is 4.54. The Morgan fingerprint density at radius 1 is 1.04 bits per heavy atom. The Kier molecular flexibility index (Phi) is 5.99. The summed E-state index contributed by atoms with van der Waals surface area (Å²) in [6.07, 6.45) is 1.53. The molecule has 0 unspecified atom stereocenters. The minimum atomic E-state index is -0.355. The Bertz CT molecular complexity index is 686. The first kappa shape index (κ1) is 16.4. The van der Waals surface area contributed by atoms with E-state index >= 15 is 0 Å². The van der Waals surface area contributed by atoms with Crippen LogP contribution in [0.5, 0.6) is 17.2 Å². The van der Waals surface area contributed by atoms with Crippen LogP contribution < -0.4 is 19.6 Å². The highest BCUT2D eigenvalue weighted by Gasteiger charge is 2.02. The molecule has 0 radical (unpaired) electrons. The molecule has 6 nitrogen and oxygen atoms in total. The lowest BCUT2D eigenvalue weighted by Gasteiger charge is -2.06. The minimum absolute atomic E-state index is 0.136. The lowest BCUT2D eigenvalue weighted by atomic mass is 10.2. The maximum atomic E-state index is 11.7. The SMILES string of the molecule is COc1cccc(/C=N/NC(=O)COc2cccc(OC)c2)c1. The summed E-state index contributed by atoms with van der Waals surface area (Å²) in [7, 11) is 3.16. The van der Waals surface area contributed by atoms with E-state index in [0.29, 0.717) is 11.5 Å². The first-order chi connectivity index (χ1) is 11.2. The number of hydrogen-bond donors (Lipinski definition) is 1. The highest BCUT2D eigenvalue weighted by atomic mass is 16.5. The molecular weight excluding hydrogens is 296 g/mol. The number of ether oxygens (including phenoxy) is 3. The number of carbonyl (C=O) groups is 1. The van der Waals surface area contributed by atoms with E-state index in [1.807, 2.05) is 24.3 Å². The number of hydrazone groups is 1. The average molecular weight is 314 g/mol. The van der Waals surface area contributed by atoms with Crippen molar-refractivity contribution in [1.82, 2.24) is 5.43 Å². The number of rotatable bonds is 7. The number of carbonyl (C=O) groups excluding carboxylic acids is 1. The summed E-state index contributed by atoms with van der Waals surface area (Å²) >= 11 is 0. The molecular formula is C17H18N2O4. The zero-order valence-corrected chi connectivity index (χ0v) is 13.0. The van der Waals surface area contributed by atoms with Crippen LogP contribution in [0.1, 0.15) is 5.56 Å². The molecule has 0 aromatic heterocycles. The maximum Gasteiger partial charge on any atom is 0.277 e. The van der Waals surface area contributed by atoms with Gasteiger partial charge in [0.15, 0.2) is 6.61 Å². The molecule has 0 aliphatic heterocycles. The van der Waals surface area contributed by atoms with Crippen LogP contribution in [0.4, 0.5) is 0 Å². The fourth-order valence-corrected chi connectivity index (χ4v) is 1.77. The Balaban J connectivity index is 1.81. The third kappa shape index (κ3) is 5.35. The van der Waals surface area contributed by atoms with Gasteiger partial charge in [0.05, 0.1) is 20.4 Å². The first-order valence-corrected chi connectivity index (χ1v) is 6.94. The van der Waals surface area contributed by atoms with Gasteiger partial charge in [-0.2, -0.15) is 5.10 Å². The molecule has 120 valence electrons. The maximum absolute atomic E-state index is 11.7. The molecule has 2 aromatic rings. The van der Waals surface area contributed by atoms with E-state index in [0.717, 1.165) is 11.3 Å². The summed E-state index contributed by atoms with van der Waals surface area (Å²) in [6.45, 7) is -0.136. The zero-order chi connectivity index (χ0) is 16.5. The van der Waals surface area contributed by atoms with Crippen molar-refractivity contribution in [1.29, 1.82) is 0 Å². The monoisotopic (exact) mass is 314 g/mol. The normalized spacial score (nSPS) is 10.3. The first-order valence-electron chi connectivity index (χ1n) is 6.94. The summed E-state index contributed by atoms with van der Waals surface area (Å²) in [5.41, 5.74) is 3.22. The molecule has 6 heteroatoms. The predicted molar refractivity (Wildman–Crippen MR) is 87.2 cm³/mol. The molecule has 0 bridgehead atoms. The third-order valence-corrected chi connectivity index (χ3v) is 2.91. The van der Waals surface area contributed by atoms with E-state index < -0.39 is 0 Å². The summed E-state index contributed by atoms with van der Waals surface area (Å²) in [6, 6.07) is 14.4. The molecule has 2 aromatic carbocycles. The molecule has 1 N–H and O–H groups in total. The van der Waals surface area contributed by atoms with Gasteiger partial charge >= 0.3 is 0 Å². The van der Waals surface area contributed by atoms with Crippen molar-refractivity contribution in [3.63, 3.8) is 0 Å². The second kappa shape index (κ2) is 8.43. The second-order valence-electron chi connectivity index (χ2n) is 4.54. The fourth-order valence-electron chi connectivity index (χ4n) is 1.77. The molecule has 0 saturated carbocycles. The van der Waals surface area contributed by atoms with Crippen LogP contribution in [-0.2, 0) is 4.79 Å². The Hall–Kier alpha value is -3.02. The number of methoxy groups -OCH3 is 2. The highest BCUT2D eigenvalue weighted by Crippen LogP contribution is 2.18. The topological polar surface area (TPSA) is 69.2 Å². The number of benzene rings is 2. The van der Waals surface area contributed by atoms with Crippen molar-refractivity contribution in [2.75, 3.05) is 20.8 Å². The van der Waals surface area contributed by atoms with Crippen LogP contribution in [0.15, 0.2) is 53.6 Å². The van der Waals surface area contributed by atoms with Gasteiger partial charge in [-0.05, 0) is 29.8 Å². The molecule has 0 fully saturated rings. The number of nitrogens with one attached hydrogen (secondary N) is 1. The number of hydrogen-bond acceptors (Lipinski definition) is 5. The molecule has 2 rings (SSSR count). The summed E-state index contributed by atoms with van der Waals surface area (Å²) in [5.74, 6) is 1.59. The Morgan fingerprint density at radius 2 is 1.70 bits per heavy atom. The zero-order valence-electron chi connectivity index (χ0n) is 13.0. The molecule has 0 aliphatic carbocycles. The lowest BCUT2D eigenvalue weighted by molar-refractivity contribution is -0.123. The molecule has 1 amide bonds. The number of amides is 1. The summed E-state index contributed by atoms with van der Waals surface area (Å²) in [5, 5.41) is 3.88. The van der Waals surface area contributed by atoms with Crippen molar-refractivity contribution < 1.29 is 19.0 Å². The van der Waals surface area contributed by atoms with Gasteiger partial charge in [-0.25, -0.2) is 5.43 Å². The van der Waals surface area contributed by atoms with Crippen LogP contribution in [0.3, 0.4) is 0 Å². The van der Waals surface area contributed by atoms with E-state index in [-0.39, 0.29) is 12.5 Å². The third-order valence-electron chi connectivity index (χ3n) is 2.91. The van der Waals surface area contributed by atoms with E-state index in [2.05, 4.69) is 10.5 Å². The number of nitrogens with zero attached hydrogens (tertiary/aromatic N) is 1. The van der Waals surface area contributed by atoms with E-state index in [9.17, 15) is 4.79 Å². The average Bonchev–Trinajstić information content (AvgIpc) is 2.60. The van der Waals surface area contributed by atoms with Crippen LogP contribution in [0.25, 0.3) is 0 Å². The van der Waals surface area contributed by atoms with Gasteiger partial charge in [-0.3, -0.25) is 4.79 Å². The van der Waals surface area contributed by atoms with Crippen LogP contribution in [-0.4, -0.2) is 32.9 Å². The van der Waals surface area contributed by atoms with Gasteiger partial charge in [0.25, 0.3) is 5.91 Å². The largest absolute Gasteiger partial charge is 0.497 e. The fraction of sp³-hybridized carbons (Fsp3) is 0.176. The van der Waals surface area contributed by atoms with E-state index in [4.69, 9.17) is 14.2 Å². The van der Waals surface area contributed by atoms with E-state index in [1.165, 1.54) is 6.21 Å². The Labute approximate surface area is 134 Å². The van der Waals surface area contributed by atoms with Gasteiger partial charge in [0.1, 0.15) is 17.2 Å². The summed E-state index contributed by atoms with van der Waals surface area (Å²) < 4.78 is 15.6. The van der Waals surface area contributed by atoms with Crippen LogP contribution >= 0.6 is 0 Å². The highest BCUT2D eigenvalue weighted by molar-refractivity contribution is 5.83. The van der Waals surface area contributed by atoms with Gasteiger partial charge < -0.3 is 14.2 Å². The minimum Gasteiger partial charge on any atom is -0.497 e. The molecule has 23 heavy (non-hydrogen) atoms. The predicted octanol–water partition coefficient (Wildman–Crippen LogP) is 2.23. The van der Waals surface area contributed by atoms with Crippen LogP contribution in [0, 0.1) is 0 Å². The van der Waals surface area contributed by atoms with E-state index in [1.54, 1.807) is 38.5 Å². The van der Waals surface area contributed by atoms with Gasteiger partial charge in [0.2, 0.25) is 0 Å². The van der Waals surface area contributed by atoms with Crippen molar-refractivity contribution >= 4 is 12.1 Å². The molecule has 0 heterocycles. The lowest BCUT2D eigenvalue weighted by Crippen LogP contribution is -2.24. The van der Waals surface area contributed by atoms with Gasteiger partial charge in [-0.15, -0.1) is 0 Å². The smallest absolute Gasteiger partial charge is 0.277 e.